The van der Waals surface area contributed by atoms with Crippen molar-refractivity contribution in [1.82, 2.24) is 10.6 Å². The summed E-state index contributed by atoms with van der Waals surface area (Å²) in [5, 5.41) is 38.2. The second-order valence-electron chi connectivity index (χ2n) is 16.3. The lowest BCUT2D eigenvalue weighted by Gasteiger charge is -2.52. The van der Waals surface area contributed by atoms with E-state index in [1.807, 2.05) is 112 Å². The zero-order valence-electron chi connectivity index (χ0n) is 33.6. The van der Waals surface area contributed by atoms with Crippen LogP contribution in [0.4, 0.5) is 0 Å². The van der Waals surface area contributed by atoms with E-state index < -0.39 is 84.8 Å². The standard InChI is InChI=1S/C44H62N2O10/c1-43(2,3)55-36(50)23-22-33-40(52-27-30-16-10-7-11-17-30)38(45-24-37(51)56-44(4,5)6)42(54-29-32-20-14-9-15-21-32)39(46-34(25-47)35(49)26-48)41(33)53-28-31-18-12-8-13-19-31/h7-21,33-35,38-42,45-49H,22-29H2,1-6H3/t33-,34?,35?,38+,39-,40+,41-,42+/m0/s1. The van der Waals surface area contributed by atoms with Crippen LogP contribution in [0.2, 0.25) is 0 Å². The number of carbonyl (C=O) groups is 2. The fraction of sp³-hybridized carbons (Fsp3) is 0.545. The van der Waals surface area contributed by atoms with Gasteiger partial charge in [0.25, 0.3) is 0 Å². The van der Waals surface area contributed by atoms with E-state index in [1.165, 1.54) is 0 Å². The normalized spacial score (nSPS) is 22.6. The monoisotopic (exact) mass is 778 g/mol. The molecule has 0 spiro atoms. The molecule has 12 nitrogen and oxygen atoms in total. The predicted octanol–water partition coefficient (Wildman–Crippen LogP) is 4.47. The van der Waals surface area contributed by atoms with Crippen molar-refractivity contribution in [2.75, 3.05) is 19.8 Å². The van der Waals surface area contributed by atoms with Crippen molar-refractivity contribution >= 4 is 11.9 Å². The van der Waals surface area contributed by atoms with Crippen molar-refractivity contribution in [2.45, 2.75) is 128 Å². The maximum atomic E-state index is 13.3. The molecule has 3 aromatic carbocycles. The van der Waals surface area contributed by atoms with Crippen LogP contribution in [-0.4, -0.2) is 101 Å². The Bertz CT molecular complexity index is 1490. The van der Waals surface area contributed by atoms with Crippen LogP contribution in [-0.2, 0) is 53.1 Å². The van der Waals surface area contributed by atoms with E-state index in [0.717, 1.165) is 16.7 Å². The molecule has 0 bridgehead atoms. The number of hydrogen-bond donors (Lipinski definition) is 5. The summed E-state index contributed by atoms with van der Waals surface area (Å²) < 4.78 is 32.0. The van der Waals surface area contributed by atoms with Crippen molar-refractivity contribution in [3.63, 3.8) is 0 Å². The summed E-state index contributed by atoms with van der Waals surface area (Å²) in [6.45, 7) is 10.1. The highest BCUT2D eigenvalue weighted by Crippen LogP contribution is 2.37. The van der Waals surface area contributed by atoms with Crippen molar-refractivity contribution < 1.29 is 48.6 Å². The zero-order valence-corrected chi connectivity index (χ0v) is 33.6. The molecule has 12 heteroatoms. The van der Waals surface area contributed by atoms with Crippen molar-refractivity contribution in [3.05, 3.63) is 108 Å². The Balaban J connectivity index is 1.87. The summed E-state index contributed by atoms with van der Waals surface area (Å²) in [5.41, 5.74) is 1.27. The SMILES string of the molecule is CC(C)(C)OC(=O)CC[C@H]1[C@@H](OCc2ccccc2)[C@@H](NCC(=O)OC(C)(C)C)[C@@H](OCc2ccccc2)[C@@H](NC(CO)C(O)CO)[C@H]1OCc1ccccc1. The van der Waals surface area contributed by atoms with Crippen molar-refractivity contribution in [1.29, 1.82) is 0 Å². The quantitative estimate of drug-likeness (QED) is 0.103. The molecular weight excluding hydrogens is 716 g/mol. The third-order valence-corrected chi connectivity index (χ3v) is 9.37. The molecule has 1 saturated carbocycles. The number of aliphatic hydroxyl groups excluding tert-OH is 3. The number of benzene rings is 3. The minimum Gasteiger partial charge on any atom is -0.460 e. The fourth-order valence-electron chi connectivity index (χ4n) is 6.95. The van der Waals surface area contributed by atoms with Crippen LogP contribution in [0.1, 0.15) is 71.1 Å². The summed E-state index contributed by atoms with van der Waals surface area (Å²) in [6.07, 6.45) is -3.33. The Labute approximate surface area is 331 Å². The maximum absolute atomic E-state index is 13.3. The Morgan fingerprint density at radius 3 is 1.48 bits per heavy atom. The average molecular weight is 779 g/mol. The van der Waals surface area contributed by atoms with Gasteiger partial charge in [-0.1, -0.05) is 91.0 Å². The first kappa shape index (κ1) is 45.0. The maximum Gasteiger partial charge on any atom is 0.320 e. The highest BCUT2D eigenvalue weighted by atomic mass is 16.6. The highest BCUT2D eigenvalue weighted by Gasteiger charge is 2.53. The van der Waals surface area contributed by atoms with Gasteiger partial charge >= 0.3 is 11.9 Å². The molecule has 308 valence electrons. The van der Waals surface area contributed by atoms with Crippen LogP contribution < -0.4 is 10.6 Å². The first-order valence-electron chi connectivity index (χ1n) is 19.5. The molecule has 0 amide bonds. The third-order valence-electron chi connectivity index (χ3n) is 9.37. The molecule has 1 aliphatic rings. The van der Waals surface area contributed by atoms with E-state index in [1.54, 1.807) is 20.8 Å². The van der Waals surface area contributed by atoms with Crippen LogP contribution >= 0.6 is 0 Å². The van der Waals surface area contributed by atoms with E-state index in [9.17, 15) is 24.9 Å². The van der Waals surface area contributed by atoms with Gasteiger partial charge in [0, 0.05) is 12.3 Å². The van der Waals surface area contributed by atoms with Crippen molar-refractivity contribution in [3.8, 4) is 0 Å². The smallest absolute Gasteiger partial charge is 0.320 e. The van der Waals surface area contributed by atoms with Gasteiger partial charge in [-0.05, 0) is 64.7 Å². The second kappa shape index (κ2) is 21.7. The van der Waals surface area contributed by atoms with Gasteiger partial charge in [0.2, 0.25) is 0 Å². The molecule has 4 rings (SSSR count). The number of carbonyl (C=O) groups excluding carboxylic acids is 2. The molecule has 0 saturated heterocycles. The molecule has 0 aromatic heterocycles. The van der Waals surface area contributed by atoms with Crippen molar-refractivity contribution in [2.24, 2.45) is 5.92 Å². The van der Waals surface area contributed by atoms with Gasteiger partial charge in [0.1, 0.15) is 11.2 Å². The topological polar surface area (TPSA) is 165 Å². The molecule has 8 atom stereocenters. The molecule has 3 aromatic rings. The Hall–Kier alpha value is -3.72. The van der Waals surface area contributed by atoms with Gasteiger partial charge in [0.15, 0.2) is 0 Å². The average Bonchev–Trinajstić information content (AvgIpc) is 3.16. The Morgan fingerprint density at radius 1 is 0.625 bits per heavy atom. The van der Waals surface area contributed by atoms with E-state index in [2.05, 4.69) is 10.6 Å². The lowest BCUT2D eigenvalue weighted by atomic mass is 9.72. The first-order chi connectivity index (χ1) is 26.7. The lowest BCUT2D eigenvalue weighted by Crippen LogP contribution is -2.72. The number of nitrogens with one attached hydrogen (secondary N) is 2. The van der Waals surface area contributed by atoms with E-state index in [0.29, 0.717) is 0 Å². The molecule has 56 heavy (non-hydrogen) atoms. The number of ether oxygens (including phenoxy) is 5. The van der Waals surface area contributed by atoms with E-state index in [4.69, 9.17) is 23.7 Å². The molecule has 1 fully saturated rings. The van der Waals surface area contributed by atoms with Gasteiger partial charge < -0.3 is 44.3 Å². The summed E-state index contributed by atoms with van der Waals surface area (Å²) in [6, 6.07) is 26.5. The minimum atomic E-state index is -1.33. The first-order valence-corrected chi connectivity index (χ1v) is 19.5. The molecular formula is C44H62N2O10. The van der Waals surface area contributed by atoms with Gasteiger partial charge in [0.05, 0.1) is 82.1 Å². The van der Waals surface area contributed by atoms with Crippen LogP contribution in [0, 0.1) is 5.92 Å². The number of esters is 2. The molecule has 0 heterocycles. The van der Waals surface area contributed by atoms with Gasteiger partial charge in [-0.25, -0.2) is 0 Å². The van der Waals surface area contributed by atoms with E-state index >= 15 is 0 Å². The van der Waals surface area contributed by atoms with Gasteiger partial charge in [-0.15, -0.1) is 0 Å². The second-order valence-corrected chi connectivity index (χ2v) is 16.3. The Morgan fingerprint density at radius 2 is 1.05 bits per heavy atom. The van der Waals surface area contributed by atoms with Gasteiger partial charge in [-0.2, -0.15) is 0 Å². The zero-order chi connectivity index (χ0) is 40.7. The van der Waals surface area contributed by atoms with Gasteiger partial charge in [-0.3, -0.25) is 14.9 Å². The number of aliphatic hydroxyl groups is 3. The molecule has 2 unspecified atom stereocenters. The summed E-state index contributed by atoms with van der Waals surface area (Å²) >= 11 is 0. The lowest BCUT2D eigenvalue weighted by molar-refractivity contribution is -0.186. The Kier molecular flexibility index (Phi) is 17.4. The fourth-order valence-corrected chi connectivity index (χ4v) is 6.95. The largest absolute Gasteiger partial charge is 0.460 e. The molecule has 0 aliphatic heterocycles. The van der Waals surface area contributed by atoms with Crippen LogP contribution in [0.25, 0.3) is 0 Å². The molecule has 5 N–H and O–H groups in total. The molecule has 1 aliphatic carbocycles. The predicted molar refractivity (Wildman–Crippen MR) is 212 cm³/mol. The number of rotatable bonds is 20. The summed E-state index contributed by atoms with van der Waals surface area (Å²) in [4.78, 5) is 26.6. The minimum absolute atomic E-state index is 0.0298. The van der Waals surface area contributed by atoms with Crippen LogP contribution in [0.5, 0.6) is 0 Å². The molecule has 0 radical (unpaired) electrons. The van der Waals surface area contributed by atoms with Crippen LogP contribution in [0.3, 0.4) is 0 Å². The third kappa shape index (κ3) is 14.7. The summed E-state index contributed by atoms with van der Waals surface area (Å²) in [5.74, 6) is -1.41. The van der Waals surface area contributed by atoms with E-state index in [-0.39, 0.29) is 39.2 Å². The number of hydrogen-bond acceptors (Lipinski definition) is 12. The van der Waals surface area contributed by atoms with Crippen LogP contribution in [0.15, 0.2) is 91.0 Å². The highest BCUT2D eigenvalue weighted by molar-refractivity contribution is 5.72. The summed E-state index contributed by atoms with van der Waals surface area (Å²) in [7, 11) is 0.